The molecule has 0 aromatic rings. The van der Waals surface area contributed by atoms with Crippen molar-refractivity contribution in [3.05, 3.63) is 0 Å². The number of nitrogens with zero attached hydrogens (tertiary/aromatic N) is 1. The van der Waals surface area contributed by atoms with Crippen LogP contribution in [0.3, 0.4) is 0 Å². The van der Waals surface area contributed by atoms with Crippen LogP contribution in [0.5, 0.6) is 0 Å². The number of likely N-dealkylation sites (N-methyl/N-ethyl adjacent to an activating group) is 1. The van der Waals surface area contributed by atoms with Crippen molar-refractivity contribution in [2.45, 2.75) is 44.6 Å². The Labute approximate surface area is 117 Å². The number of hydrogen-bond acceptors (Lipinski definition) is 3. The molecule has 3 nitrogen and oxygen atoms in total. The van der Waals surface area contributed by atoms with Gasteiger partial charge in [0.1, 0.15) is 0 Å². The van der Waals surface area contributed by atoms with Gasteiger partial charge in [-0.1, -0.05) is 6.42 Å². The lowest BCUT2D eigenvalue weighted by Crippen LogP contribution is -2.47. The first-order valence-electron chi connectivity index (χ1n) is 8.26. The summed E-state index contributed by atoms with van der Waals surface area (Å²) in [6.07, 6.45) is 8.40. The molecule has 0 radical (unpaired) electrons. The molecule has 3 rings (SSSR count). The Balaban J connectivity index is 1.53. The van der Waals surface area contributed by atoms with Gasteiger partial charge in [-0.2, -0.15) is 0 Å². The molecule has 1 saturated heterocycles. The summed E-state index contributed by atoms with van der Waals surface area (Å²) >= 11 is 0. The standard InChI is InChI=1S/C16H30N2O/c1-18(11-15-9-12-2-3-14(15)8-12)16(10-17)13-4-6-19-7-5-13/h12-16H,2-11,17H2,1H3. The van der Waals surface area contributed by atoms with Gasteiger partial charge in [0.2, 0.25) is 0 Å². The molecule has 0 amide bonds. The number of rotatable bonds is 5. The van der Waals surface area contributed by atoms with Crippen molar-refractivity contribution in [1.29, 1.82) is 0 Å². The Morgan fingerprint density at radius 2 is 1.95 bits per heavy atom. The molecule has 2 N–H and O–H groups in total. The predicted molar refractivity (Wildman–Crippen MR) is 78.0 cm³/mol. The number of nitrogens with two attached hydrogens (primary N) is 1. The molecule has 3 fully saturated rings. The average molecular weight is 266 g/mol. The van der Waals surface area contributed by atoms with Gasteiger partial charge >= 0.3 is 0 Å². The smallest absolute Gasteiger partial charge is 0.0469 e. The van der Waals surface area contributed by atoms with Crippen molar-refractivity contribution in [1.82, 2.24) is 4.90 Å². The van der Waals surface area contributed by atoms with Crippen LogP contribution < -0.4 is 5.73 Å². The lowest BCUT2D eigenvalue weighted by molar-refractivity contribution is 0.0284. The molecule has 4 unspecified atom stereocenters. The molecule has 2 bridgehead atoms. The minimum Gasteiger partial charge on any atom is -0.381 e. The van der Waals surface area contributed by atoms with E-state index in [-0.39, 0.29) is 0 Å². The van der Waals surface area contributed by atoms with Crippen LogP contribution in [0.15, 0.2) is 0 Å². The van der Waals surface area contributed by atoms with Crippen molar-refractivity contribution < 1.29 is 4.74 Å². The zero-order chi connectivity index (χ0) is 13.2. The molecule has 3 heteroatoms. The van der Waals surface area contributed by atoms with Crippen molar-refractivity contribution >= 4 is 0 Å². The molecule has 4 atom stereocenters. The van der Waals surface area contributed by atoms with Crippen LogP contribution in [0.4, 0.5) is 0 Å². The summed E-state index contributed by atoms with van der Waals surface area (Å²) in [5.74, 6) is 3.79. The molecule has 2 aliphatic carbocycles. The van der Waals surface area contributed by atoms with Gasteiger partial charge < -0.3 is 15.4 Å². The van der Waals surface area contributed by atoms with Gasteiger partial charge in [-0.3, -0.25) is 0 Å². The minimum atomic E-state index is 0.572. The first kappa shape index (κ1) is 13.8. The van der Waals surface area contributed by atoms with E-state index < -0.39 is 0 Å². The predicted octanol–water partition coefficient (Wildman–Crippen LogP) is 2.11. The maximum Gasteiger partial charge on any atom is 0.0469 e. The molecule has 110 valence electrons. The van der Waals surface area contributed by atoms with Crippen molar-refractivity contribution in [3.63, 3.8) is 0 Å². The lowest BCUT2D eigenvalue weighted by atomic mass is 9.86. The lowest BCUT2D eigenvalue weighted by Gasteiger charge is -2.38. The van der Waals surface area contributed by atoms with E-state index >= 15 is 0 Å². The highest BCUT2D eigenvalue weighted by molar-refractivity contribution is 4.92. The molecular formula is C16H30N2O. The van der Waals surface area contributed by atoms with Crippen molar-refractivity contribution in [3.8, 4) is 0 Å². The Bertz CT molecular complexity index is 290. The third-order valence-electron chi connectivity index (χ3n) is 6.02. The normalized spacial score (nSPS) is 37.1. The Morgan fingerprint density at radius 3 is 2.53 bits per heavy atom. The van der Waals surface area contributed by atoms with E-state index in [0.717, 1.165) is 43.4 Å². The molecule has 0 aromatic carbocycles. The molecule has 19 heavy (non-hydrogen) atoms. The molecular weight excluding hydrogens is 236 g/mol. The summed E-state index contributed by atoms with van der Waals surface area (Å²) in [6, 6.07) is 0.572. The van der Waals surface area contributed by atoms with Gasteiger partial charge in [0.25, 0.3) is 0 Å². The third kappa shape index (κ3) is 2.98. The fraction of sp³-hybridized carbons (Fsp3) is 1.00. The highest BCUT2D eigenvalue weighted by atomic mass is 16.5. The van der Waals surface area contributed by atoms with Crippen LogP contribution >= 0.6 is 0 Å². The van der Waals surface area contributed by atoms with Gasteiger partial charge in [0.05, 0.1) is 0 Å². The highest BCUT2D eigenvalue weighted by Crippen LogP contribution is 2.48. The molecule has 1 aliphatic heterocycles. The average Bonchev–Trinajstić information content (AvgIpc) is 3.03. The molecule has 3 aliphatic rings. The fourth-order valence-corrected chi connectivity index (χ4v) is 4.94. The van der Waals surface area contributed by atoms with Gasteiger partial charge in [-0.25, -0.2) is 0 Å². The van der Waals surface area contributed by atoms with E-state index in [1.54, 1.807) is 0 Å². The zero-order valence-electron chi connectivity index (χ0n) is 12.4. The maximum atomic E-state index is 6.07. The Hall–Kier alpha value is -0.120. The number of hydrogen-bond donors (Lipinski definition) is 1. The largest absolute Gasteiger partial charge is 0.381 e. The van der Waals surface area contributed by atoms with E-state index in [2.05, 4.69) is 11.9 Å². The SMILES string of the molecule is CN(CC1CC2CCC1C2)C(CN)C1CCOCC1. The topological polar surface area (TPSA) is 38.5 Å². The molecule has 2 saturated carbocycles. The fourth-order valence-electron chi connectivity index (χ4n) is 4.94. The van der Waals surface area contributed by atoms with Crippen LogP contribution in [0.25, 0.3) is 0 Å². The monoisotopic (exact) mass is 266 g/mol. The summed E-state index contributed by atoms with van der Waals surface area (Å²) in [5.41, 5.74) is 6.07. The van der Waals surface area contributed by atoms with E-state index in [0.29, 0.717) is 6.04 Å². The number of fused-ring (bicyclic) bond motifs is 2. The Morgan fingerprint density at radius 1 is 1.16 bits per heavy atom. The van der Waals surface area contributed by atoms with Gasteiger partial charge in [-0.05, 0) is 62.8 Å². The number of ether oxygens (including phenoxy) is 1. The first-order valence-corrected chi connectivity index (χ1v) is 8.26. The van der Waals surface area contributed by atoms with Crippen LogP contribution in [0.2, 0.25) is 0 Å². The van der Waals surface area contributed by atoms with Gasteiger partial charge in [0, 0.05) is 32.3 Å². The third-order valence-corrected chi connectivity index (χ3v) is 6.02. The van der Waals surface area contributed by atoms with Gasteiger partial charge in [0.15, 0.2) is 0 Å². The zero-order valence-corrected chi connectivity index (χ0v) is 12.4. The van der Waals surface area contributed by atoms with Crippen LogP contribution in [0, 0.1) is 23.7 Å². The first-order chi connectivity index (χ1) is 9.28. The molecule has 0 spiro atoms. The van der Waals surface area contributed by atoms with E-state index in [1.165, 1.54) is 45.1 Å². The second kappa shape index (κ2) is 6.11. The van der Waals surface area contributed by atoms with E-state index in [4.69, 9.17) is 10.5 Å². The molecule has 1 heterocycles. The second-order valence-electron chi connectivity index (χ2n) is 7.13. The van der Waals surface area contributed by atoms with Gasteiger partial charge in [-0.15, -0.1) is 0 Å². The Kier molecular flexibility index (Phi) is 4.45. The highest BCUT2D eigenvalue weighted by Gasteiger charge is 2.40. The molecule has 0 aromatic heterocycles. The second-order valence-corrected chi connectivity index (χ2v) is 7.13. The van der Waals surface area contributed by atoms with Crippen LogP contribution in [-0.2, 0) is 4.74 Å². The summed E-state index contributed by atoms with van der Waals surface area (Å²) in [6.45, 7) is 3.95. The summed E-state index contributed by atoms with van der Waals surface area (Å²) < 4.78 is 5.49. The summed E-state index contributed by atoms with van der Waals surface area (Å²) in [4.78, 5) is 2.58. The van der Waals surface area contributed by atoms with Crippen molar-refractivity contribution in [2.24, 2.45) is 29.4 Å². The van der Waals surface area contributed by atoms with E-state index in [9.17, 15) is 0 Å². The minimum absolute atomic E-state index is 0.572. The quantitative estimate of drug-likeness (QED) is 0.828. The van der Waals surface area contributed by atoms with Crippen LogP contribution in [-0.4, -0.2) is 44.3 Å². The summed E-state index contributed by atoms with van der Waals surface area (Å²) in [5, 5.41) is 0. The van der Waals surface area contributed by atoms with Crippen molar-refractivity contribution in [2.75, 3.05) is 33.4 Å². The van der Waals surface area contributed by atoms with E-state index in [1.807, 2.05) is 0 Å². The maximum absolute atomic E-state index is 6.07. The van der Waals surface area contributed by atoms with Crippen LogP contribution in [0.1, 0.15) is 38.5 Å². The summed E-state index contributed by atoms with van der Waals surface area (Å²) in [7, 11) is 2.30.